The SMILES string of the molecule is CNC(=O)Cc1ccccc1NC(=O)c1cccc(S(=O)(=O)N2CCCCCC2)c1. The van der Waals surface area contributed by atoms with E-state index in [0.29, 0.717) is 24.3 Å². The molecule has 2 N–H and O–H groups in total. The van der Waals surface area contributed by atoms with Crippen molar-refractivity contribution in [3.63, 3.8) is 0 Å². The van der Waals surface area contributed by atoms with Gasteiger partial charge in [0.2, 0.25) is 15.9 Å². The highest BCUT2D eigenvalue weighted by Gasteiger charge is 2.26. The minimum Gasteiger partial charge on any atom is -0.359 e. The lowest BCUT2D eigenvalue weighted by molar-refractivity contribution is -0.119. The lowest BCUT2D eigenvalue weighted by atomic mass is 10.1. The van der Waals surface area contributed by atoms with Crippen molar-refractivity contribution in [3.05, 3.63) is 59.7 Å². The Bertz CT molecular complexity index is 1010. The van der Waals surface area contributed by atoms with Gasteiger partial charge in [0, 0.05) is 31.4 Å². The second kappa shape index (κ2) is 9.86. The highest BCUT2D eigenvalue weighted by atomic mass is 32.2. The normalized spacial score (nSPS) is 15.2. The molecule has 0 radical (unpaired) electrons. The third-order valence-corrected chi connectivity index (χ3v) is 7.09. The Hall–Kier alpha value is -2.71. The summed E-state index contributed by atoms with van der Waals surface area (Å²) in [5.41, 5.74) is 1.45. The minimum atomic E-state index is -3.64. The zero-order valence-corrected chi connectivity index (χ0v) is 17.9. The smallest absolute Gasteiger partial charge is 0.255 e. The minimum absolute atomic E-state index is 0.121. The van der Waals surface area contributed by atoms with E-state index in [1.165, 1.54) is 16.4 Å². The Kier molecular flexibility index (Phi) is 7.23. The summed E-state index contributed by atoms with van der Waals surface area (Å²) in [5.74, 6) is -0.588. The summed E-state index contributed by atoms with van der Waals surface area (Å²) in [7, 11) is -2.09. The predicted molar refractivity (Wildman–Crippen MR) is 116 cm³/mol. The molecule has 1 fully saturated rings. The lowest BCUT2D eigenvalue weighted by Crippen LogP contribution is -2.32. The number of nitrogens with one attached hydrogen (secondary N) is 2. The van der Waals surface area contributed by atoms with Crippen LogP contribution in [-0.4, -0.2) is 44.7 Å². The molecule has 2 aromatic rings. The summed E-state index contributed by atoms with van der Waals surface area (Å²) in [5, 5.41) is 5.36. The van der Waals surface area contributed by atoms with Gasteiger partial charge in [0.05, 0.1) is 11.3 Å². The predicted octanol–water partition coefficient (Wildman–Crippen LogP) is 2.79. The first-order valence-corrected chi connectivity index (χ1v) is 11.6. The van der Waals surface area contributed by atoms with E-state index in [-0.39, 0.29) is 22.8 Å². The molecule has 8 heteroatoms. The molecule has 1 saturated heterocycles. The highest BCUT2D eigenvalue weighted by Crippen LogP contribution is 2.22. The van der Waals surface area contributed by atoms with Crippen LogP contribution in [0.3, 0.4) is 0 Å². The van der Waals surface area contributed by atoms with Gasteiger partial charge in [-0.1, -0.05) is 37.1 Å². The topological polar surface area (TPSA) is 95.6 Å². The van der Waals surface area contributed by atoms with E-state index >= 15 is 0 Å². The van der Waals surface area contributed by atoms with Crippen LogP contribution in [0.25, 0.3) is 0 Å². The summed E-state index contributed by atoms with van der Waals surface area (Å²) >= 11 is 0. The van der Waals surface area contributed by atoms with Gasteiger partial charge in [-0.2, -0.15) is 4.31 Å². The molecule has 0 saturated carbocycles. The van der Waals surface area contributed by atoms with E-state index in [1.54, 1.807) is 43.4 Å². The van der Waals surface area contributed by atoms with E-state index in [0.717, 1.165) is 25.7 Å². The monoisotopic (exact) mass is 429 g/mol. The average Bonchev–Trinajstić information content (AvgIpc) is 3.05. The van der Waals surface area contributed by atoms with E-state index in [1.807, 2.05) is 0 Å². The second-order valence-corrected chi connectivity index (χ2v) is 9.25. The number of nitrogens with zero attached hydrogens (tertiary/aromatic N) is 1. The van der Waals surface area contributed by atoms with E-state index in [4.69, 9.17) is 0 Å². The summed E-state index contributed by atoms with van der Waals surface area (Å²) in [4.78, 5) is 24.7. The molecule has 2 aromatic carbocycles. The Balaban J connectivity index is 1.81. The number of likely N-dealkylation sites (N-methyl/N-ethyl adjacent to an activating group) is 1. The van der Waals surface area contributed by atoms with Crippen molar-refractivity contribution in [2.45, 2.75) is 37.0 Å². The first-order chi connectivity index (χ1) is 14.4. The molecule has 0 unspecified atom stereocenters. The van der Waals surface area contributed by atoms with Crippen molar-refractivity contribution in [3.8, 4) is 0 Å². The molecule has 0 bridgehead atoms. The van der Waals surface area contributed by atoms with E-state index in [2.05, 4.69) is 10.6 Å². The Morgan fingerprint density at radius 1 is 0.967 bits per heavy atom. The summed E-state index contributed by atoms with van der Waals surface area (Å²) in [6, 6.07) is 13.1. The highest BCUT2D eigenvalue weighted by molar-refractivity contribution is 7.89. The number of carbonyl (C=O) groups excluding carboxylic acids is 2. The third kappa shape index (κ3) is 5.25. The van der Waals surface area contributed by atoms with Gasteiger partial charge in [-0.3, -0.25) is 9.59 Å². The quantitative estimate of drug-likeness (QED) is 0.738. The lowest BCUT2D eigenvalue weighted by Gasteiger charge is -2.20. The number of amides is 2. The molecule has 1 aliphatic rings. The van der Waals surface area contributed by atoms with Gasteiger partial charge in [0.25, 0.3) is 5.91 Å². The van der Waals surface area contributed by atoms with Crippen LogP contribution in [-0.2, 0) is 21.2 Å². The van der Waals surface area contributed by atoms with Crippen LogP contribution in [0.5, 0.6) is 0 Å². The average molecular weight is 430 g/mol. The van der Waals surface area contributed by atoms with Gasteiger partial charge in [-0.15, -0.1) is 0 Å². The first kappa shape index (κ1) is 22.0. The maximum absolute atomic E-state index is 13.0. The van der Waals surface area contributed by atoms with Gasteiger partial charge >= 0.3 is 0 Å². The van der Waals surface area contributed by atoms with Gasteiger partial charge in [-0.05, 0) is 42.7 Å². The first-order valence-electron chi connectivity index (χ1n) is 10.1. The number of benzene rings is 2. The molecule has 1 aliphatic heterocycles. The third-order valence-electron chi connectivity index (χ3n) is 5.19. The molecule has 1 heterocycles. The number of para-hydroxylation sites is 1. The number of hydrogen-bond acceptors (Lipinski definition) is 4. The fraction of sp³-hybridized carbons (Fsp3) is 0.364. The maximum atomic E-state index is 13.0. The van der Waals surface area contributed by atoms with E-state index < -0.39 is 15.9 Å². The van der Waals surface area contributed by atoms with Crippen LogP contribution in [0, 0.1) is 0 Å². The number of anilines is 1. The van der Waals surface area contributed by atoms with Crippen LogP contribution < -0.4 is 10.6 Å². The van der Waals surface area contributed by atoms with Crippen LogP contribution in [0.15, 0.2) is 53.4 Å². The Labute approximate surface area is 177 Å². The van der Waals surface area contributed by atoms with E-state index in [9.17, 15) is 18.0 Å². The summed E-state index contributed by atoms with van der Waals surface area (Å²) < 4.78 is 27.6. The van der Waals surface area contributed by atoms with Crippen LogP contribution >= 0.6 is 0 Å². The molecular formula is C22H27N3O4S. The van der Waals surface area contributed by atoms with Crippen molar-refractivity contribution >= 4 is 27.5 Å². The van der Waals surface area contributed by atoms with Crippen LogP contribution in [0.1, 0.15) is 41.6 Å². The fourth-order valence-electron chi connectivity index (χ4n) is 3.48. The Morgan fingerprint density at radius 3 is 2.37 bits per heavy atom. The molecule has 0 aromatic heterocycles. The molecular weight excluding hydrogens is 402 g/mol. The molecule has 7 nitrogen and oxygen atoms in total. The molecule has 160 valence electrons. The largest absolute Gasteiger partial charge is 0.359 e. The number of sulfonamides is 1. The van der Waals surface area contributed by atoms with Gasteiger partial charge < -0.3 is 10.6 Å². The molecule has 0 aliphatic carbocycles. The second-order valence-electron chi connectivity index (χ2n) is 7.31. The summed E-state index contributed by atoms with van der Waals surface area (Å²) in [6.45, 7) is 1.01. The van der Waals surface area contributed by atoms with Crippen molar-refractivity contribution in [1.82, 2.24) is 9.62 Å². The van der Waals surface area contributed by atoms with Crippen molar-refractivity contribution in [2.24, 2.45) is 0 Å². The van der Waals surface area contributed by atoms with Crippen LogP contribution in [0.2, 0.25) is 0 Å². The number of rotatable bonds is 6. The standard InChI is InChI=1S/C22H27N3O4S/c1-23-21(26)16-17-9-4-5-12-20(17)24-22(27)18-10-8-11-19(15-18)30(28,29)25-13-6-2-3-7-14-25/h4-5,8-12,15H,2-3,6-7,13-14,16H2,1H3,(H,23,26)(H,24,27). The van der Waals surface area contributed by atoms with Crippen molar-refractivity contribution in [1.29, 1.82) is 0 Å². The Morgan fingerprint density at radius 2 is 1.67 bits per heavy atom. The fourth-order valence-corrected chi connectivity index (χ4v) is 5.04. The van der Waals surface area contributed by atoms with Crippen LogP contribution in [0.4, 0.5) is 5.69 Å². The zero-order chi connectivity index (χ0) is 21.6. The number of hydrogen-bond donors (Lipinski definition) is 2. The van der Waals surface area contributed by atoms with Gasteiger partial charge in [0.1, 0.15) is 0 Å². The molecule has 2 amide bonds. The maximum Gasteiger partial charge on any atom is 0.255 e. The molecule has 0 spiro atoms. The van der Waals surface area contributed by atoms with Gasteiger partial charge in [-0.25, -0.2) is 8.42 Å². The van der Waals surface area contributed by atoms with Crippen molar-refractivity contribution in [2.75, 3.05) is 25.5 Å². The molecule has 0 atom stereocenters. The van der Waals surface area contributed by atoms with Gasteiger partial charge in [0.15, 0.2) is 0 Å². The summed E-state index contributed by atoms with van der Waals surface area (Å²) in [6.07, 6.45) is 3.90. The molecule has 3 rings (SSSR count). The molecule has 30 heavy (non-hydrogen) atoms. The zero-order valence-electron chi connectivity index (χ0n) is 17.1. The van der Waals surface area contributed by atoms with Crippen molar-refractivity contribution < 1.29 is 18.0 Å². The number of carbonyl (C=O) groups is 2.